The number of aliphatic hydroxyl groups excluding tert-OH is 2. The van der Waals surface area contributed by atoms with E-state index in [1.54, 1.807) is 0 Å². The molecule has 1 aliphatic rings. The van der Waals surface area contributed by atoms with Crippen LogP contribution in [0.5, 0.6) is 0 Å². The number of hydrogen-bond donors (Lipinski definition) is 2. The third-order valence-corrected chi connectivity index (χ3v) is 1.77. The predicted octanol–water partition coefficient (Wildman–Crippen LogP) is -1.08. The zero-order valence-corrected chi connectivity index (χ0v) is 8.05. The molecule has 0 saturated carbocycles. The number of hydrogen-bond acceptors (Lipinski definition) is 7. The minimum atomic E-state index is -1.65. The summed E-state index contributed by atoms with van der Waals surface area (Å²) in [6.07, 6.45) is -1.65. The molecular formula is C8H9NO6. The molecule has 0 saturated heterocycles. The van der Waals surface area contributed by atoms with E-state index in [4.69, 9.17) is 0 Å². The number of aliphatic hydroxyl groups is 2. The van der Waals surface area contributed by atoms with Crippen LogP contribution in [0.3, 0.4) is 0 Å². The maximum absolute atomic E-state index is 11.0. The molecule has 0 aromatic carbocycles. The van der Waals surface area contributed by atoms with Gasteiger partial charge in [0.1, 0.15) is 0 Å². The van der Waals surface area contributed by atoms with Crippen molar-refractivity contribution < 1.29 is 29.3 Å². The van der Waals surface area contributed by atoms with Crippen LogP contribution in [0, 0.1) is 0 Å². The summed E-state index contributed by atoms with van der Waals surface area (Å²) in [5.74, 6) is -2.58. The number of rotatable bonds is 2. The monoisotopic (exact) mass is 215 g/mol. The van der Waals surface area contributed by atoms with Crippen LogP contribution in [0.2, 0.25) is 0 Å². The summed E-state index contributed by atoms with van der Waals surface area (Å²) < 4.78 is 8.58. The zero-order chi connectivity index (χ0) is 11.6. The molecule has 0 spiro atoms. The van der Waals surface area contributed by atoms with Gasteiger partial charge in [-0.1, -0.05) is 0 Å². The van der Waals surface area contributed by atoms with Gasteiger partial charge in [-0.05, 0) is 0 Å². The fourth-order valence-corrected chi connectivity index (χ4v) is 1.01. The molecule has 2 N–H and O–H groups in total. The van der Waals surface area contributed by atoms with Crippen molar-refractivity contribution >= 4 is 17.7 Å². The Hall–Kier alpha value is -1.89. The minimum Gasteiger partial charge on any atom is -0.507 e. The van der Waals surface area contributed by atoms with E-state index in [-0.39, 0.29) is 0 Å². The number of carbonyl (C=O) groups excluding carboxylic acids is 2. The second kappa shape index (κ2) is 4.09. The summed E-state index contributed by atoms with van der Waals surface area (Å²) in [4.78, 5) is 25.5. The van der Waals surface area contributed by atoms with Crippen LogP contribution in [-0.4, -0.2) is 48.2 Å². The Morgan fingerprint density at radius 1 is 1.27 bits per heavy atom. The topological polar surface area (TPSA) is 105 Å². The zero-order valence-electron chi connectivity index (χ0n) is 8.05. The molecule has 0 aliphatic carbocycles. The van der Waals surface area contributed by atoms with Crippen LogP contribution < -0.4 is 0 Å². The molecule has 0 aromatic heterocycles. The van der Waals surface area contributed by atoms with Crippen LogP contribution in [0.1, 0.15) is 0 Å². The van der Waals surface area contributed by atoms with Gasteiger partial charge in [0.15, 0.2) is 23.3 Å². The van der Waals surface area contributed by atoms with Crippen LogP contribution in [0.4, 0.5) is 0 Å². The van der Waals surface area contributed by atoms with Crippen molar-refractivity contribution in [2.24, 2.45) is 4.99 Å². The lowest BCUT2D eigenvalue weighted by atomic mass is 10.2. The number of esters is 2. The van der Waals surface area contributed by atoms with Crippen molar-refractivity contribution in [3.05, 3.63) is 11.5 Å². The van der Waals surface area contributed by atoms with Gasteiger partial charge in [-0.2, -0.15) is 0 Å². The summed E-state index contributed by atoms with van der Waals surface area (Å²) in [6.45, 7) is 0. The van der Waals surface area contributed by atoms with Crippen molar-refractivity contribution in [3.63, 3.8) is 0 Å². The Morgan fingerprint density at radius 2 is 1.80 bits per heavy atom. The van der Waals surface area contributed by atoms with Gasteiger partial charge in [0.2, 0.25) is 0 Å². The smallest absolute Gasteiger partial charge is 0.360 e. The number of methoxy groups -OCH3 is 2. The Kier molecular flexibility index (Phi) is 3.05. The van der Waals surface area contributed by atoms with E-state index >= 15 is 0 Å². The first-order valence-corrected chi connectivity index (χ1v) is 3.89. The average molecular weight is 215 g/mol. The van der Waals surface area contributed by atoms with E-state index < -0.39 is 35.2 Å². The van der Waals surface area contributed by atoms with Gasteiger partial charge in [0.25, 0.3) is 0 Å². The molecular weight excluding hydrogens is 206 g/mol. The Morgan fingerprint density at radius 3 is 2.27 bits per heavy atom. The first-order valence-electron chi connectivity index (χ1n) is 3.89. The predicted molar refractivity (Wildman–Crippen MR) is 47.1 cm³/mol. The Balaban J connectivity index is 3.03. The highest BCUT2D eigenvalue weighted by molar-refractivity contribution is 6.40. The van der Waals surface area contributed by atoms with Crippen molar-refractivity contribution in [1.29, 1.82) is 0 Å². The third kappa shape index (κ3) is 1.82. The van der Waals surface area contributed by atoms with Gasteiger partial charge >= 0.3 is 11.9 Å². The second-order valence-electron chi connectivity index (χ2n) is 2.62. The first-order chi connectivity index (χ1) is 7.02. The molecule has 1 atom stereocenters. The van der Waals surface area contributed by atoms with Crippen LogP contribution in [0.15, 0.2) is 16.4 Å². The lowest BCUT2D eigenvalue weighted by Gasteiger charge is -2.03. The minimum absolute atomic E-state index is 0.449. The van der Waals surface area contributed by atoms with E-state index in [1.165, 1.54) is 0 Å². The van der Waals surface area contributed by atoms with Gasteiger partial charge in [0, 0.05) is 0 Å². The lowest BCUT2D eigenvalue weighted by Crippen LogP contribution is -2.28. The number of nitrogens with zero attached hydrogens (tertiary/aromatic N) is 1. The molecule has 7 heteroatoms. The van der Waals surface area contributed by atoms with Crippen molar-refractivity contribution in [1.82, 2.24) is 0 Å². The van der Waals surface area contributed by atoms with E-state index in [2.05, 4.69) is 14.5 Å². The highest BCUT2D eigenvalue weighted by atomic mass is 16.5. The third-order valence-electron chi connectivity index (χ3n) is 1.77. The lowest BCUT2D eigenvalue weighted by molar-refractivity contribution is -0.136. The SMILES string of the molecule is COC(=O)C1=NC(C(=O)OC)=C(O)C1O. The van der Waals surface area contributed by atoms with Crippen molar-refractivity contribution in [2.75, 3.05) is 14.2 Å². The highest BCUT2D eigenvalue weighted by Gasteiger charge is 2.36. The van der Waals surface area contributed by atoms with Gasteiger partial charge in [0.05, 0.1) is 14.2 Å². The molecule has 7 nitrogen and oxygen atoms in total. The summed E-state index contributed by atoms with van der Waals surface area (Å²) in [5.41, 5.74) is -0.944. The summed E-state index contributed by atoms with van der Waals surface area (Å²) in [5, 5.41) is 18.6. The van der Waals surface area contributed by atoms with Crippen LogP contribution in [0.25, 0.3) is 0 Å². The first kappa shape index (κ1) is 11.2. The van der Waals surface area contributed by atoms with E-state index in [9.17, 15) is 19.8 Å². The number of ether oxygens (including phenoxy) is 2. The van der Waals surface area contributed by atoms with Crippen molar-refractivity contribution in [2.45, 2.75) is 6.10 Å². The van der Waals surface area contributed by atoms with Gasteiger partial charge < -0.3 is 19.7 Å². The maximum atomic E-state index is 11.0. The number of aliphatic imine (C=N–C) groups is 1. The summed E-state index contributed by atoms with van der Waals surface area (Å²) in [7, 11) is 2.17. The number of carbonyl (C=O) groups is 2. The summed E-state index contributed by atoms with van der Waals surface area (Å²) in [6, 6.07) is 0. The molecule has 1 heterocycles. The fraction of sp³-hybridized carbons (Fsp3) is 0.375. The molecule has 1 unspecified atom stereocenters. The molecule has 0 amide bonds. The van der Waals surface area contributed by atoms with E-state index in [1.807, 2.05) is 0 Å². The standard InChI is InChI=1S/C8H9NO6/c1-14-7(12)3-5(10)6(11)4(9-3)8(13)15-2/h5,10-11H,1-2H3. The van der Waals surface area contributed by atoms with Gasteiger partial charge in [-0.15, -0.1) is 0 Å². The average Bonchev–Trinajstić information content (AvgIpc) is 2.54. The second-order valence-corrected chi connectivity index (χ2v) is 2.62. The molecule has 1 rings (SSSR count). The molecule has 1 aliphatic heterocycles. The molecule has 15 heavy (non-hydrogen) atoms. The molecule has 0 radical (unpaired) electrons. The highest BCUT2D eigenvalue weighted by Crippen LogP contribution is 2.19. The maximum Gasteiger partial charge on any atom is 0.360 e. The quantitative estimate of drug-likeness (QED) is 0.567. The normalized spacial score (nSPS) is 19.9. The van der Waals surface area contributed by atoms with Gasteiger partial charge in [-0.3, -0.25) is 0 Å². The Labute approximate surface area is 84.6 Å². The molecule has 82 valence electrons. The molecule has 0 aromatic rings. The van der Waals surface area contributed by atoms with E-state index in [0.717, 1.165) is 14.2 Å². The van der Waals surface area contributed by atoms with Gasteiger partial charge in [-0.25, -0.2) is 14.6 Å². The van der Waals surface area contributed by atoms with Crippen molar-refractivity contribution in [3.8, 4) is 0 Å². The Bertz CT molecular complexity index is 369. The molecule has 0 bridgehead atoms. The van der Waals surface area contributed by atoms with Crippen LogP contribution in [-0.2, 0) is 19.1 Å². The fourth-order valence-electron chi connectivity index (χ4n) is 1.01. The molecule has 0 fully saturated rings. The summed E-state index contributed by atoms with van der Waals surface area (Å²) >= 11 is 0. The van der Waals surface area contributed by atoms with E-state index in [0.29, 0.717) is 0 Å². The van der Waals surface area contributed by atoms with Crippen LogP contribution >= 0.6 is 0 Å². The largest absolute Gasteiger partial charge is 0.507 e.